The van der Waals surface area contributed by atoms with Crippen molar-refractivity contribution in [2.24, 2.45) is 0 Å². The highest BCUT2D eigenvalue weighted by Gasteiger charge is 2.62. The van der Waals surface area contributed by atoms with E-state index < -0.39 is 0 Å². The van der Waals surface area contributed by atoms with Crippen LogP contribution in [0, 0.1) is 0 Å². The predicted octanol–water partition coefficient (Wildman–Crippen LogP) is 2.18. The minimum atomic E-state index is -0.289. The van der Waals surface area contributed by atoms with Crippen molar-refractivity contribution in [2.45, 2.75) is 74.1 Å². The van der Waals surface area contributed by atoms with Crippen LogP contribution in [0.5, 0.6) is 0 Å². The molecule has 0 spiro atoms. The molecule has 3 aliphatic heterocycles. The zero-order valence-corrected chi connectivity index (χ0v) is 11.8. The van der Waals surface area contributed by atoms with Gasteiger partial charge in [-0.25, -0.2) is 0 Å². The first-order valence-electron chi connectivity index (χ1n) is 7.40. The van der Waals surface area contributed by atoms with Crippen molar-refractivity contribution in [2.75, 3.05) is 0 Å². The Morgan fingerprint density at radius 2 is 1.37 bits per heavy atom. The average molecular weight is 282 g/mol. The van der Waals surface area contributed by atoms with Crippen molar-refractivity contribution in [1.29, 1.82) is 0 Å². The van der Waals surface area contributed by atoms with Gasteiger partial charge in [-0.05, 0) is 18.5 Å². The third kappa shape index (κ3) is 1.83. The maximum absolute atomic E-state index is 11.6. The van der Waals surface area contributed by atoms with Crippen LogP contribution >= 0.6 is 7.92 Å². The average Bonchev–Trinajstić information content (AvgIpc) is 3.00. The van der Waals surface area contributed by atoms with E-state index in [0.29, 0.717) is 24.2 Å². The van der Waals surface area contributed by atoms with Crippen molar-refractivity contribution in [3.63, 3.8) is 0 Å². The summed E-state index contributed by atoms with van der Waals surface area (Å²) in [6.45, 7) is 0. The molecule has 0 bridgehead atoms. The maximum atomic E-state index is 11.6. The summed E-state index contributed by atoms with van der Waals surface area (Å²) in [5.41, 5.74) is 1.47. The van der Waals surface area contributed by atoms with Gasteiger partial charge in [0.05, 0.1) is 12.8 Å². The van der Waals surface area contributed by atoms with Crippen LogP contribution in [0.2, 0.25) is 0 Å². The summed E-state index contributed by atoms with van der Waals surface area (Å²) in [5, 5.41) is 0. The minimum Gasteiger partial charge on any atom is -0.458 e. The number of carbonyl (C=O) groups is 2. The molecule has 3 saturated heterocycles. The van der Waals surface area contributed by atoms with E-state index in [-0.39, 0.29) is 32.1 Å². The van der Waals surface area contributed by atoms with Gasteiger partial charge in [0.1, 0.15) is 12.2 Å². The molecule has 4 rings (SSSR count). The van der Waals surface area contributed by atoms with Gasteiger partial charge in [-0.3, -0.25) is 9.59 Å². The number of rotatable bonds is 1. The van der Waals surface area contributed by atoms with Crippen molar-refractivity contribution in [3.05, 3.63) is 0 Å². The van der Waals surface area contributed by atoms with Crippen molar-refractivity contribution >= 4 is 19.9 Å². The molecule has 104 valence electrons. The normalized spacial score (nSPS) is 45.8. The highest BCUT2D eigenvalue weighted by Crippen LogP contribution is 2.67. The van der Waals surface area contributed by atoms with Gasteiger partial charge in [0.2, 0.25) is 0 Å². The lowest BCUT2D eigenvalue weighted by Gasteiger charge is -2.33. The van der Waals surface area contributed by atoms with Crippen molar-refractivity contribution in [3.8, 4) is 0 Å². The fourth-order valence-corrected chi connectivity index (χ4v) is 8.82. The van der Waals surface area contributed by atoms with E-state index in [4.69, 9.17) is 9.47 Å². The van der Waals surface area contributed by atoms with Crippen LogP contribution in [0.3, 0.4) is 0 Å². The smallest absolute Gasteiger partial charge is 0.307 e. The minimum absolute atomic E-state index is 0.0836. The third-order valence-corrected chi connectivity index (χ3v) is 8.98. The molecule has 5 heteroatoms. The molecule has 0 amide bonds. The summed E-state index contributed by atoms with van der Waals surface area (Å²) < 4.78 is 10.9. The lowest BCUT2D eigenvalue weighted by molar-refractivity contribution is -0.153. The molecule has 1 aliphatic carbocycles. The maximum Gasteiger partial charge on any atom is 0.307 e. The Morgan fingerprint density at radius 3 is 1.89 bits per heavy atom. The Kier molecular flexibility index (Phi) is 2.84. The largest absolute Gasteiger partial charge is 0.458 e. The number of hydrogen-bond acceptors (Lipinski definition) is 4. The van der Waals surface area contributed by atoms with Crippen LogP contribution in [0.1, 0.15) is 44.9 Å². The summed E-state index contributed by atoms with van der Waals surface area (Å²) in [6, 6.07) is 0. The SMILES string of the molecule is O=C1C[C@H]2[C@@H](O1)[C@@H]1OC(=O)C[C@@H]1P2C1CCCCC1. The van der Waals surface area contributed by atoms with Gasteiger partial charge in [0.25, 0.3) is 0 Å². The standard InChI is InChI=1S/C14H19O4P/c15-11-6-9-13(17-11)14-10(7-12(16)18-14)19(9)8-4-2-1-3-5-8/h8-10,13-14H,1-7H2/t9-,10-,13+,14+/m0/s1. The van der Waals surface area contributed by atoms with Gasteiger partial charge in [0.15, 0.2) is 0 Å². The Bertz CT molecular complexity index is 388. The molecule has 19 heavy (non-hydrogen) atoms. The molecule has 0 N–H and O–H groups in total. The number of hydrogen-bond donors (Lipinski definition) is 0. The molecule has 3 heterocycles. The molecule has 0 unspecified atom stereocenters. The van der Waals surface area contributed by atoms with E-state index in [1.54, 1.807) is 0 Å². The fraction of sp³-hybridized carbons (Fsp3) is 0.857. The molecule has 4 atom stereocenters. The van der Waals surface area contributed by atoms with Gasteiger partial charge in [-0.2, -0.15) is 0 Å². The van der Waals surface area contributed by atoms with E-state index in [9.17, 15) is 9.59 Å². The van der Waals surface area contributed by atoms with Crippen LogP contribution in [0.15, 0.2) is 0 Å². The fourth-order valence-electron chi connectivity index (χ4n) is 4.42. The Hall–Kier alpha value is -0.630. The van der Waals surface area contributed by atoms with Gasteiger partial charge >= 0.3 is 11.9 Å². The Balaban J connectivity index is 1.63. The molecule has 0 aromatic heterocycles. The van der Waals surface area contributed by atoms with Gasteiger partial charge < -0.3 is 9.47 Å². The van der Waals surface area contributed by atoms with Gasteiger partial charge in [-0.1, -0.05) is 27.2 Å². The topological polar surface area (TPSA) is 52.6 Å². The summed E-state index contributed by atoms with van der Waals surface area (Å²) in [7, 11) is -0.289. The summed E-state index contributed by atoms with van der Waals surface area (Å²) in [5.74, 6) is -0.167. The second kappa shape index (κ2) is 4.44. The van der Waals surface area contributed by atoms with E-state index in [1.165, 1.54) is 32.1 Å². The van der Waals surface area contributed by atoms with Crippen LogP contribution in [0.25, 0.3) is 0 Å². The summed E-state index contributed by atoms with van der Waals surface area (Å²) in [4.78, 5) is 23.2. The first-order chi connectivity index (χ1) is 9.24. The van der Waals surface area contributed by atoms with Gasteiger partial charge in [-0.15, -0.1) is 0 Å². The quantitative estimate of drug-likeness (QED) is 0.546. The molecule has 4 fully saturated rings. The van der Waals surface area contributed by atoms with E-state index in [2.05, 4.69) is 0 Å². The lowest BCUT2D eigenvalue weighted by Crippen LogP contribution is -2.30. The molecule has 4 nitrogen and oxygen atoms in total. The molecular formula is C14H19O4P. The summed E-state index contributed by atoms with van der Waals surface area (Å²) in [6.07, 6.45) is 7.42. The molecular weight excluding hydrogens is 263 g/mol. The molecule has 0 aromatic rings. The monoisotopic (exact) mass is 282 g/mol. The van der Waals surface area contributed by atoms with Gasteiger partial charge in [0, 0.05) is 11.3 Å². The Morgan fingerprint density at radius 1 is 0.842 bits per heavy atom. The number of carbonyl (C=O) groups excluding carboxylic acids is 2. The predicted molar refractivity (Wildman–Crippen MR) is 70.4 cm³/mol. The van der Waals surface area contributed by atoms with E-state index in [0.717, 1.165) is 5.66 Å². The van der Waals surface area contributed by atoms with Crippen LogP contribution in [0.4, 0.5) is 0 Å². The highest BCUT2D eigenvalue weighted by atomic mass is 31.1. The van der Waals surface area contributed by atoms with Crippen LogP contribution in [-0.2, 0) is 19.1 Å². The molecule has 4 aliphatic rings. The number of fused-ring (bicyclic) bond motifs is 3. The van der Waals surface area contributed by atoms with Crippen molar-refractivity contribution < 1.29 is 19.1 Å². The number of esters is 2. The summed E-state index contributed by atoms with van der Waals surface area (Å²) >= 11 is 0. The third-order valence-electron chi connectivity index (χ3n) is 5.13. The number of ether oxygens (including phenoxy) is 2. The second-order valence-corrected chi connectivity index (χ2v) is 9.14. The van der Waals surface area contributed by atoms with E-state index in [1.807, 2.05) is 0 Å². The Labute approximate surface area is 114 Å². The van der Waals surface area contributed by atoms with Crippen LogP contribution < -0.4 is 0 Å². The second-order valence-electron chi connectivity index (χ2n) is 6.19. The zero-order valence-electron chi connectivity index (χ0n) is 10.9. The molecule has 0 radical (unpaired) electrons. The first kappa shape index (κ1) is 12.1. The zero-order chi connectivity index (χ0) is 13.0. The van der Waals surface area contributed by atoms with Crippen LogP contribution in [-0.4, -0.2) is 41.1 Å². The molecule has 0 aromatic carbocycles. The first-order valence-corrected chi connectivity index (χ1v) is 8.95. The lowest BCUT2D eigenvalue weighted by atomic mass is 10.0. The highest BCUT2D eigenvalue weighted by molar-refractivity contribution is 7.60. The molecule has 1 saturated carbocycles. The van der Waals surface area contributed by atoms with E-state index >= 15 is 0 Å². The van der Waals surface area contributed by atoms with Crippen molar-refractivity contribution in [1.82, 2.24) is 0 Å².